The smallest absolute Gasteiger partial charge is 0.241 e. The Morgan fingerprint density at radius 3 is 2.76 bits per heavy atom. The van der Waals surface area contributed by atoms with E-state index in [2.05, 4.69) is 35.9 Å². The number of aliphatic hydroxyl groups excluding tert-OH is 1. The van der Waals surface area contributed by atoms with Gasteiger partial charge in [-0.05, 0) is 32.6 Å². The maximum absolute atomic E-state index is 12.1. The van der Waals surface area contributed by atoms with Crippen LogP contribution >= 0.6 is 11.6 Å². The van der Waals surface area contributed by atoms with E-state index < -0.39 is 0 Å². The molecule has 11 heteroatoms. The van der Waals surface area contributed by atoms with Crippen molar-refractivity contribution in [1.29, 1.82) is 0 Å². The number of rotatable bonds is 12. The molecule has 1 aromatic carbocycles. The van der Waals surface area contributed by atoms with Gasteiger partial charge in [0.15, 0.2) is 5.82 Å². The third kappa shape index (κ3) is 7.70. The third-order valence-corrected chi connectivity index (χ3v) is 5.02. The standard InChI is InChI=1S/C22H29ClN8O2/c1-30(2)10-6-9-24-20(33)14-31-13-17(11-26-31)27-22-25-12-18(23)21(29-22)28-19(15-32)16-7-4-3-5-8-16/h3-5,7-8,11-13,19,32H,6,9-10,14-15H2,1-2H3,(H,24,33)(H2,25,27,28,29). The number of halogens is 1. The number of amides is 1. The van der Waals surface area contributed by atoms with Gasteiger partial charge in [0.25, 0.3) is 0 Å². The van der Waals surface area contributed by atoms with Crippen molar-refractivity contribution in [3.63, 3.8) is 0 Å². The van der Waals surface area contributed by atoms with Crippen molar-refractivity contribution in [2.75, 3.05) is 44.4 Å². The first-order valence-electron chi connectivity index (χ1n) is 10.6. The second-order valence-electron chi connectivity index (χ2n) is 7.74. The van der Waals surface area contributed by atoms with E-state index in [1.807, 2.05) is 44.4 Å². The van der Waals surface area contributed by atoms with Crippen LogP contribution in [0.4, 0.5) is 17.5 Å². The molecule has 2 heterocycles. The Hall–Kier alpha value is -3.21. The summed E-state index contributed by atoms with van der Waals surface area (Å²) in [5.74, 6) is 0.592. The van der Waals surface area contributed by atoms with Crippen molar-refractivity contribution in [3.05, 3.63) is 59.5 Å². The van der Waals surface area contributed by atoms with E-state index >= 15 is 0 Å². The molecule has 0 aliphatic carbocycles. The van der Waals surface area contributed by atoms with Gasteiger partial charge in [-0.2, -0.15) is 10.1 Å². The fourth-order valence-electron chi connectivity index (χ4n) is 3.08. The van der Waals surface area contributed by atoms with Gasteiger partial charge in [0.1, 0.15) is 11.6 Å². The molecule has 4 N–H and O–H groups in total. The maximum Gasteiger partial charge on any atom is 0.241 e. The van der Waals surface area contributed by atoms with Gasteiger partial charge in [-0.3, -0.25) is 9.48 Å². The predicted octanol–water partition coefficient (Wildman–Crippen LogP) is 2.28. The lowest BCUT2D eigenvalue weighted by Crippen LogP contribution is -2.30. The van der Waals surface area contributed by atoms with E-state index in [1.54, 1.807) is 12.4 Å². The molecule has 33 heavy (non-hydrogen) atoms. The second-order valence-corrected chi connectivity index (χ2v) is 8.15. The van der Waals surface area contributed by atoms with Crippen LogP contribution in [-0.4, -0.2) is 69.5 Å². The molecule has 3 rings (SSSR count). The van der Waals surface area contributed by atoms with Gasteiger partial charge in [-0.25, -0.2) is 4.98 Å². The molecule has 1 unspecified atom stereocenters. The fourth-order valence-corrected chi connectivity index (χ4v) is 3.23. The SMILES string of the molecule is CN(C)CCCNC(=O)Cn1cc(Nc2ncc(Cl)c(NC(CO)c3ccccc3)n2)cn1. The summed E-state index contributed by atoms with van der Waals surface area (Å²) < 4.78 is 1.54. The molecule has 0 fully saturated rings. The minimum Gasteiger partial charge on any atom is -0.394 e. The Bertz CT molecular complexity index is 1030. The van der Waals surface area contributed by atoms with Gasteiger partial charge < -0.3 is 26.0 Å². The van der Waals surface area contributed by atoms with Crippen molar-refractivity contribution >= 4 is 35.0 Å². The first-order valence-corrected chi connectivity index (χ1v) is 11.0. The van der Waals surface area contributed by atoms with Crippen LogP contribution < -0.4 is 16.0 Å². The van der Waals surface area contributed by atoms with Gasteiger partial charge in [0, 0.05) is 12.7 Å². The van der Waals surface area contributed by atoms with Crippen molar-refractivity contribution < 1.29 is 9.90 Å². The average Bonchev–Trinajstić information content (AvgIpc) is 3.24. The molecule has 0 saturated carbocycles. The molecule has 0 bridgehead atoms. The highest BCUT2D eigenvalue weighted by atomic mass is 35.5. The van der Waals surface area contributed by atoms with Crippen molar-refractivity contribution in [2.24, 2.45) is 0 Å². The van der Waals surface area contributed by atoms with Crippen molar-refractivity contribution in [1.82, 2.24) is 30.0 Å². The zero-order valence-corrected chi connectivity index (χ0v) is 19.5. The summed E-state index contributed by atoms with van der Waals surface area (Å²) in [6.45, 7) is 1.53. The Kier molecular flexibility index (Phi) is 8.99. The van der Waals surface area contributed by atoms with E-state index in [-0.39, 0.29) is 25.1 Å². The quantitative estimate of drug-likeness (QED) is 0.296. The van der Waals surface area contributed by atoms with Gasteiger partial charge in [-0.1, -0.05) is 41.9 Å². The van der Waals surface area contributed by atoms with Crippen LogP contribution in [0.2, 0.25) is 5.02 Å². The summed E-state index contributed by atoms with van der Waals surface area (Å²) in [5.41, 5.74) is 1.54. The number of hydrogen-bond donors (Lipinski definition) is 4. The zero-order chi connectivity index (χ0) is 23.6. The molecule has 0 radical (unpaired) electrons. The molecule has 0 saturated heterocycles. The monoisotopic (exact) mass is 472 g/mol. The minimum atomic E-state index is -0.370. The minimum absolute atomic E-state index is 0.103. The van der Waals surface area contributed by atoms with Gasteiger partial charge >= 0.3 is 0 Å². The van der Waals surface area contributed by atoms with E-state index in [0.29, 0.717) is 29.0 Å². The lowest BCUT2D eigenvalue weighted by atomic mass is 10.1. The third-order valence-electron chi connectivity index (χ3n) is 4.74. The maximum atomic E-state index is 12.1. The van der Waals surface area contributed by atoms with E-state index in [1.165, 1.54) is 10.9 Å². The number of aliphatic hydroxyl groups is 1. The van der Waals surface area contributed by atoms with Crippen LogP contribution in [0.3, 0.4) is 0 Å². The summed E-state index contributed by atoms with van der Waals surface area (Å²) >= 11 is 6.26. The highest BCUT2D eigenvalue weighted by molar-refractivity contribution is 6.32. The number of nitrogens with one attached hydrogen (secondary N) is 3. The number of hydrogen-bond acceptors (Lipinski definition) is 8. The molecule has 2 aromatic heterocycles. The first kappa shape index (κ1) is 24.4. The molecule has 1 amide bonds. The average molecular weight is 473 g/mol. The van der Waals surface area contributed by atoms with Gasteiger partial charge in [-0.15, -0.1) is 0 Å². The molecule has 0 spiro atoms. The fraction of sp³-hybridized carbons (Fsp3) is 0.364. The lowest BCUT2D eigenvalue weighted by molar-refractivity contribution is -0.121. The molecule has 0 aliphatic heterocycles. The normalized spacial score (nSPS) is 11.9. The number of carbonyl (C=O) groups excluding carboxylic acids is 1. The highest BCUT2D eigenvalue weighted by Crippen LogP contribution is 2.25. The Morgan fingerprint density at radius 1 is 1.24 bits per heavy atom. The predicted molar refractivity (Wildman–Crippen MR) is 129 cm³/mol. The molecule has 0 aliphatic rings. The van der Waals surface area contributed by atoms with Crippen LogP contribution in [-0.2, 0) is 11.3 Å². The molecule has 176 valence electrons. The molecular formula is C22H29ClN8O2. The lowest BCUT2D eigenvalue weighted by Gasteiger charge is -2.18. The summed E-state index contributed by atoms with van der Waals surface area (Å²) in [5, 5.41) is 23.4. The highest BCUT2D eigenvalue weighted by Gasteiger charge is 2.14. The summed E-state index contributed by atoms with van der Waals surface area (Å²) in [7, 11) is 4.00. The van der Waals surface area contributed by atoms with E-state index in [0.717, 1.165) is 18.5 Å². The number of benzene rings is 1. The number of nitrogens with zero attached hydrogens (tertiary/aromatic N) is 5. The molecule has 10 nitrogen and oxygen atoms in total. The molecule has 3 aromatic rings. The van der Waals surface area contributed by atoms with E-state index in [9.17, 15) is 9.90 Å². The van der Waals surface area contributed by atoms with Crippen LogP contribution in [0.25, 0.3) is 0 Å². The first-order chi connectivity index (χ1) is 15.9. The topological polar surface area (TPSA) is 120 Å². The summed E-state index contributed by atoms with van der Waals surface area (Å²) in [4.78, 5) is 22.8. The van der Waals surface area contributed by atoms with Gasteiger partial charge in [0.2, 0.25) is 11.9 Å². The second kappa shape index (κ2) is 12.1. The number of aromatic nitrogens is 4. The zero-order valence-electron chi connectivity index (χ0n) is 18.7. The van der Waals surface area contributed by atoms with Crippen LogP contribution in [0.1, 0.15) is 18.0 Å². The van der Waals surface area contributed by atoms with Gasteiger partial charge in [0.05, 0.1) is 30.7 Å². The van der Waals surface area contributed by atoms with Crippen LogP contribution in [0.15, 0.2) is 48.9 Å². The largest absolute Gasteiger partial charge is 0.394 e. The van der Waals surface area contributed by atoms with Crippen molar-refractivity contribution in [3.8, 4) is 0 Å². The molecular weight excluding hydrogens is 444 g/mol. The van der Waals surface area contributed by atoms with Crippen molar-refractivity contribution in [2.45, 2.75) is 19.0 Å². The molecule has 1 atom stereocenters. The number of carbonyl (C=O) groups is 1. The Balaban J connectivity index is 1.58. The summed E-state index contributed by atoms with van der Waals surface area (Å²) in [6, 6.07) is 9.16. The number of anilines is 3. The summed E-state index contributed by atoms with van der Waals surface area (Å²) in [6.07, 6.45) is 5.65. The van der Waals surface area contributed by atoms with Crippen LogP contribution in [0, 0.1) is 0 Å². The van der Waals surface area contributed by atoms with E-state index in [4.69, 9.17) is 11.6 Å². The Labute approximate surface area is 198 Å². The Morgan fingerprint density at radius 2 is 2.03 bits per heavy atom. The van der Waals surface area contributed by atoms with Crippen LogP contribution in [0.5, 0.6) is 0 Å².